The monoisotopic (exact) mass is 317 g/mol. The molecule has 1 saturated carbocycles. The molecule has 2 aliphatic heterocycles. The highest BCUT2D eigenvalue weighted by Crippen LogP contribution is 2.41. The zero-order valence-corrected chi connectivity index (χ0v) is 14.3. The molecule has 4 rings (SSSR count). The number of amides is 1. The summed E-state index contributed by atoms with van der Waals surface area (Å²) in [6.07, 6.45) is 6.52. The van der Waals surface area contributed by atoms with Gasteiger partial charge in [-0.25, -0.2) is 0 Å². The smallest absolute Gasteiger partial charge is 0.259 e. The maximum absolute atomic E-state index is 12.9. The topological polar surface area (TPSA) is 49.6 Å². The first-order valence-corrected chi connectivity index (χ1v) is 9.01. The van der Waals surface area contributed by atoms with E-state index in [2.05, 4.69) is 10.1 Å². The van der Waals surface area contributed by atoms with Gasteiger partial charge in [0.15, 0.2) is 0 Å². The fraction of sp³-hybridized carbons (Fsp3) is 0.778. The standard InChI is InChI=1S/C18H27N3O2/c1-13-16(14(2)23-19-13)17(22)21-9-7-18(12-21)6-3-8-20(11-18)10-15-4-5-15/h15H,3-12H2,1-2H3. The summed E-state index contributed by atoms with van der Waals surface area (Å²) in [6.45, 7) is 9.16. The van der Waals surface area contributed by atoms with E-state index in [0.717, 1.165) is 25.4 Å². The summed E-state index contributed by atoms with van der Waals surface area (Å²) in [5.41, 5.74) is 1.71. The number of carbonyl (C=O) groups excluding carboxylic acids is 1. The number of hydrogen-bond donors (Lipinski definition) is 0. The van der Waals surface area contributed by atoms with Crippen molar-refractivity contribution in [2.75, 3.05) is 32.7 Å². The van der Waals surface area contributed by atoms with Crippen LogP contribution in [0.3, 0.4) is 0 Å². The molecule has 1 amide bonds. The second-order valence-corrected chi connectivity index (χ2v) is 7.96. The van der Waals surface area contributed by atoms with E-state index in [-0.39, 0.29) is 5.91 Å². The van der Waals surface area contributed by atoms with Crippen LogP contribution in [0, 0.1) is 25.2 Å². The van der Waals surface area contributed by atoms with Crippen LogP contribution in [0.15, 0.2) is 4.52 Å². The van der Waals surface area contributed by atoms with Crippen molar-refractivity contribution in [3.63, 3.8) is 0 Å². The van der Waals surface area contributed by atoms with Gasteiger partial charge in [0, 0.05) is 31.6 Å². The Bertz CT molecular complexity index is 588. The summed E-state index contributed by atoms with van der Waals surface area (Å²) < 4.78 is 5.17. The Hall–Kier alpha value is -1.36. The molecular formula is C18H27N3O2. The summed E-state index contributed by atoms with van der Waals surface area (Å²) in [7, 11) is 0. The molecule has 5 heteroatoms. The fourth-order valence-electron chi connectivity index (χ4n) is 4.52. The van der Waals surface area contributed by atoms with E-state index < -0.39 is 0 Å². The van der Waals surface area contributed by atoms with Crippen molar-refractivity contribution in [3.8, 4) is 0 Å². The van der Waals surface area contributed by atoms with Gasteiger partial charge in [-0.3, -0.25) is 4.79 Å². The Morgan fingerprint density at radius 3 is 2.78 bits per heavy atom. The highest BCUT2D eigenvalue weighted by molar-refractivity contribution is 5.96. The summed E-state index contributed by atoms with van der Waals surface area (Å²) in [5.74, 6) is 1.71. The van der Waals surface area contributed by atoms with Crippen LogP contribution in [0.4, 0.5) is 0 Å². The van der Waals surface area contributed by atoms with E-state index in [0.29, 0.717) is 22.4 Å². The summed E-state index contributed by atoms with van der Waals surface area (Å²) in [6, 6.07) is 0. The van der Waals surface area contributed by atoms with Crippen molar-refractivity contribution in [1.82, 2.24) is 15.0 Å². The Kier molecular flexibility index (Phi) is 3.71. The molecule has 126 valence electrons. The normalized spacial score (nSPS) is 28.7. The largest absolute Gasteiger partial charge is 0.361 e. The zero-order valence-electron chi connectivity index (χ0n) is 14.3. The maximum atomic E-state index is 12.9. The Balaban J connectivity index is 1.44. The molecule has 5 nitrogen and oxygen atoms in total. The molecule has 1 spiro atoms. The lowest BCUT2D eigenvalue weighted by atomic mass is 9.79. The Morgan fingerprint density at radius 2 is 2.09 bits per heavy atom. The average molecular weight is 317 g/mol. The summed E-state index contributed by atoms with van der Waals surface area (Å²) in [5, 5.41) is 3.93. The van der Waals surface area contributed by atoms with Crippen LogP contribution in [0.25, 0.3) is 0 Å². The molecule has 0 aromatic carbocycles. The third kappa shape index (κ3) is 2.91. The lowest BCUT2D eigenvalue weighted by Gasteiger charge is -2.40. The molecule has 1 unspecified atom stereocenters. The predicted octanol–water partition coefficient (Wildman–Crippen LogP) is 2.63. The number of nitrogens with zero attached hydrogens (tertiary/aromatic N) is 3. The first kappa shape index (κ1) is 15.2. The molecule has 1 aromatic rings. The summed E-state index contributed by atoms with van der Waals surface area (Å²) >= 11 is 0. The Morgan fingerprint density at radius 1 is 1.26 bits per heavy atom. The van der Waals surface area contributed by atoms with Crippen molar-refractivity contribution in [1.29, 1.82) is 0 Å². The lowest BCUT2D eigenvalue weighted by molar-refractivity contribution is 0.0679. The third-order valence-corrected chi connectivity index (χ3v) is 5.93. The molecule has 3 aliphatic rings. The molecule has 23 heavy (non-hydrogen) atoms. The SMILES string of the molecule is Cc1noc(C)c1C(=O)N1CCC2(CCCN(CC3CC3)C2)C1. The maximum Gasteiger partial charge on any atom is 0.259 e. The van der Waals surface area contributed by atoms with Crippen molar-refractivity contribution < 1.29 is 9.32 Å². The van der Waals surface area contributed by atoms with Gasteiger partial charge in [0.2, 0.25) is 0 Å². The van der Waals surface area contributed by atoms with Crippen molar-refractivity contribution >= 4 is 5.91 Å². The van der Waals surface area contributed by atoms with E-state index in [4.69, 9.17) is 4.52 Å². The minimum absolute atomic E-state index is 0.109. The number of rotatable bonds is 3. The van der Waals surface area contributed by atoms with Crippen molar-refractivity contribution in [2.45, 2.75) is 46.0 Å². The van der Waals surface area contributed by atoms with E-state index >= 15 is 0 Å². The molecule has 1 aliphatic carbocycles. The first-order chi connectivity index (χ1) is 11.1. The number of aromatic nitrogens is 1. The van der Waals surface area contributed by atoms with Crippen LogP contribution in [0.1, 0.15) is 53.9 Å². The first-order valence-electron chi connectivity index (χ1n) is 9.01. The lowest BCUT2D eigenvalue weighted by Crippen LogP contribution is -2.46. The van der Waals surface area contributed by atoms with Crippen LogP contribution >= 0.6 is 0 Å². The predicted molar refractivity (Wildman–Crippen MR) is 87.3 cm³/mol. The Labute approximate surface area is 138 Å². The minimum Gasteiger partial charge on any atom is -0.361 e. The van der Waals surface area contributed by atoms with E-state index in [1.165, 1.54) is 45.3 Å². The van der Waals surface area contributed by atoms with E-state index in [1.54, 1.807) is 0 Å². The molecule has 2 saturated heterocycles. The molecular weight excluding hydrogens is 290 g/mol. The minimum atomic E-state index is 0.109. The molecule has 0 N–H and O–H groups in total. The van der Waals surface area contributed by atoms with Crippen LogP contribution in [0.2, 0.25) is 0 Å². The highest BCUT2D eigenvalue weighted by Gasteiger charge is 2.44. The highest BCUT2D eigenvalue weighted by atomic mass is 16.5. The number of piperidine rings is 1. The second kappa shape index (κ2) is 5.62. The van der Waals surface area contributed by atoms with Gasteiger partial charge in [0.05, 0.1) is 5.69 Å². The third-order valence-electron chi connectivity index (χ3n) is 5.93. The molecule has 1 atom stereocenters. The van der Waals surface area contributed by atoms with E-state index in [9.17, 15) is 4.79 Å². The molecule has 3 fully saturated rings. The second-order valence-electron chi connectivity index (χ2n) is 7.96. The van der Waals surface area contributed by atoms with Crippen molar-refractivity contribution in [3.05, 3.63) is 17.0 Å². The van der Waals surface area contributed by atoms with Gasteiger partial charge < -0.3 is 14.3 Å². The summed E-state index contributed by atoms with van der Waals surface area (Å²) in [4.78, 5) is 17.5. The fourth-order valence-corrected chi connectivity index (χ4v) is 4.52. The molecule has 3 heterocycles. The van der Waals surface area contributed by atoms with Gasteiger partial charge in [-0.1, -0.05) is 5.16 Å². The van der Waals surface area contributed by atoms with Crippen LogP contribution in [0.5, 0.6) is 0 Å². The molecule has 0 bridgehead atoms. The van der Waals surface area contributed by atoms with Gasteiger partial charge in [0.1, 0.15) is 11.3 Å². The van der Waals surface area contributed by atoms with Crippen LogP contribution in [-0.4, -0.2) is 53.6 Å². The molecule has 1 aromatic heterocycles. The van der Waals surface area contributed by atoms with Crippen LogP contribution in [-0.2, 0) is 0 Å². The number of aryl methyl sites for hydroxylation is 2. The zero-order chi connectivity index (χ0) is 16.0. The molecule has 0 radical (unpaired) electrons. The van der Waals surface area contributed by atoms with Gasteiger partial charge >= 0.3 is 0 Å². The quantitative estimate of drug-likeness (QED) is 0.860. The van der Waals surface area contributed by atoms with E-state index in [1.807, 2.05) is 18.7 Å². The van der Waals surface area contributed by atoms with Gasteiger partial charge in [-0.2, -0.15) is 0 Å². The van der Waals surface area contributed by atoms with Gasteiger partial charge in [-0.15, -0.1) is 0 Å². The van der Waals surface area contributed by atoms with Gasteiger partial charge in [-0.05, 0) is 58.4 Å². The average Bonchev–Trinajstić information content (AvgIpc) is 3.15. The van der Waals surface area contributed by atoms with Crippen LogP contribution < -0.4 is 0 Å². The number of carbonyl (C=O) groups is 1. The van der Waals surface area contributed by atoms with Gasteiger partial charge in [0.25, 0.3) is 5.91 Å². The number of likely N-dealkylation sites (tertiary alicyclic amines) is 2. The number of hydrogen-bond acceptors (Lipinski definition) is 4. The van der Waals surface area contributed by atoms with Crippen molar-refractivity contribution in [2.24, 2.45) is 11.3 Å².